The largest absolute Gasteiger partial charge is 0.496 e. The molecular weight excluding hydrogens is 278 g/mol. The average Bonchev–Trinajstić information content (AvgIpc) is 2.96. The van der Waals surface area contributed by atoms with E-state index in [9.17, 15) is 14.7 Å². The normalized spacial score (nSPS) is 20.9. The first-order valence-corrected chi connectivity index (χ1v) is 6.39. The Bertz CT molecular complexity index is 528. The minimum absolute atomic E-state index is 0.0640. The molecule has 1 aliphatic rings. The summed E-state index contributed by atoms with van der Waals surface area (Å²) in [5.74, 6) is -1.07. The highest BCUT2D eigenvalue weighted by Crippen LogP contribution is 2.29. The lowest BCUT2D eigenvalue weighted by Gasteiger charge is -2.24. The third-order valence-corrected chi connectivity index (χ3v) is 3.44. The topological polar surface area (TPSA) is 94.1 Å². The van der Waals surface area contributed by atoms with Crippen molar-refractivity contribution in [3.63, 3.8) is 0 Å². The number of carboxylic acid groups (broad SMARTS) is 1. The lowest BCUT2D eigenvalue weighted by atomic mass is 9.98. The Labute approximate surface area is 121 Å². The molecule has 21 heavy (non-hydrogen) atoms. The Balaban J connectivity index is 2.34. The number of hydrogen-bond acceptors (Lipinski definition) is 5. The molecule has 0 aliphatic carbocycles. The number of nitrogens with one attached hydrogen (secondary N) is 1. The van der Waals surface area contributed by atoms with Crippen LogP contribution in [-0.4, -0.2) is 50.0 Å². The molecule has 1 aliphatic heterocycles. The van der Waals surface area contributed by atoms with Crippen molar-refractivity contribution in [2.75, 3.05) is 27.4 Å². The minimum Gasteiger partial charge on any atom is -0.496 e. The van der Waals surface area contributed by atoms with E-state index in [2.05, 4.69) is 5.32 Å². The lowest BCUT2D eigenvalue weighted by Crippen LogP contribution is -2.55. The van der Waals surface area contributed by atoms with E-state index in [0.29, 0.717) is 11.5 Å². The van der Waals surface area contributed by atoms with Crippen LogP contribution in [0.3, 0.4) is 0 Å². The van der Waals surface area contributed by atoms with Gasteiger partial charge >= 0.3 is 5.97 Å². The van der Waals surface area contributed by atoms with E-state index in [0.717, 1.165) is 0 Å². The minimum atomic E-state index is -1.41. The van der Waals surface area contributed by atoms with Crippen molar-refractivity contribution in [3.05, 3.63) is 23.8 Å². The maximum absolute atomic E-state index is 12.5. The second-order valence-electron chi connectivity index (χ2n) is 4.68. The molecule has 114 valence electrons. The van der Waals surface area contributed by atoms with E-state index in [4.69, 9.17) is 14.2 Å². The van der Waals surface area contributed by atoms with Crippen LogP contribution in [0.5, 0.6) is 11.5 Å². The van der Waals surface area contributed by atoms with Gasteiger partial charge in [0.25, 0.3) is 5.91 Å². The van der Waals surface area contributed by atoms with Crippen molar-refractivity contribution in [2.24, 2.45) is 0 Å². The second-order valence-corrected chi connectivity index (χ2v) is 4.68. The van der Waals surface area contributed by atoms with Crippen LogP contribution in [0.1, 0.15) is 16.8 Å². The predicted octanol–water partition coefficient (Wildman–Crippen LogP) is 0.677. The molecule has 7 nitrogen and oxygen atoms in total. The van der Waals surface area contributed by atoms with E-state index in [1.807, 2.05) is 0 Å². The molecule has 1 saturated heterocycles. The van der Waals surface area contributed by atoms with Gasteiger partial charge in [-0.15, -0.1) is 0 Å². The first-order valence-electron chi connectivity index (χ1n) is 6.39. The molecule has 1 fully saturated rings. The number of carbonyl (C=O) groups excluding carboxylic acids is 1. The van der Waals surface area contributed by atoms with Gasteiger partial charge in [-0.05, 0) is 12.1 Å². The van der Waals surface area contributed by atoms with Gasteiger partial charge in [0.1, 0.15) is 17.1 Å². The lowest BCUT2D eigenvalue weighted by molar-refractivity contribution is -0.144. The quantitative estimate of drug-likeness (QED) is 0.829. The SMILES string of the molecule is COc1cccc(OC)c1C(=O)NC1(C(=O)O)CCOC1. The smallest absolute Gasteiger partial charge is 0.331 e. The summed E-state index contributed by atoms with van der Waals surface area (Å²) in [5.41, 5.74) is -1.25. The Morgan fingerprint density at radius 3 is 2.33 bits per heavy atom. The molecule has 1 amide bonds. The van der Waals surface area contributed by atoms with Gasteiger partial charge in [-0.1, -0.05) is 6.07 Å². The molecule has 0 bridgehead atoms. The summed E-state index contributed by atoms with van der Waals surface area (Å²) in [7, 11) is 2.86. The molecule has 1 atom stereocenters. The van der Waals surface area contributed by atoms with Gasteiger partial charge in [-0.25, -0.2) is 4.79 Å². The molecule has 0 spiro atoms. The summed E-state index contributed by atoms with van der Waals surface area (Å²) in [5, 5.41) is 11.9. The summed E-state index contributed by atoms with van der Waals surface area (Å²) in [6, 6.07) is 4.89. The molecule has 0 aromatic heterocycles. The maximum Gasteiger partial charge on any atom is 0.331 e. The average molecular weight is 295 g/mol. The van der Waals surface area contributed by atoms with Crippen molar-refractivity contribution in [1.29, 1.82) is 0 Å². The van der Waals surface area contributed by atoms with Crippen LogP contribution in [0.25, 0.3) is 0 Å². The van der Waals surface area contributed by atoms with Gasteiger partial charge in [-0.3, -0.25) is 4.79 Å². The third-order valence-electron chi connectivity index (χ3n) is 3.44. The van der Waals surface area contributed by atoms with Crippen LogP contribution in [0, 0.1) is 0 Å². The highest BCUT2D eigenvalue weighted by Gasteiger charge is 2.44. The highest BCUT2D eigenvalue weighted by atomic mass is 16.5. The van der Waals surface area contributed by atoms with Crippen LogP contribution >= 0.6 is 0 Å². The Kier molecular flexibility index (Phi) is 4.32. The van der Waals surface area contributed by atoms with Crippen molar-refractivity contribution >= 4 is 11.9 Å². The van der Waals surface area contributed by atoms with E-state index in [1.165, 1.54) is 14.2 Å². The van der Waals surface area contributed by atoms with Crippen molar-refractivity contribution < 1.29 is 28.9 Å². The number of benzene rings is 1. The van der Waals surface area contributed by atoms with Gasteiger partial charge in [0, 0.05) is 13.0 Å². The Hall–Kier alpha value is -2.28. The summed E-state index contributed by atoms with van der Waals surface area (Å²) in [6.45, 7) is 0.223. The van der Waals surface area contributed by atoms with Crippen LogP contribution in [-0.2, 0) is 9.53 Å². The Morgan fingerprint density at radius 2 is 1.90 bits per heavy atom. The molecule has 1 aromatic rings. The molecule has 2 N–H and O–H groups in total. The zero-order valence-corrected chi connectivity index (χ0v) is 11.8. The maximum atomic E-state index is 12.5. The fourth-order valence-corrected chi connectivity index (χ4v) is 2.24. The zero-order valence-electron chi connectivity index (χ0n) is 11.8. The summed E-state index contributed by atoms with van der Waals surface area (Å²) in [6.07, 6.45) is 0.214. The Morgan fingerprint density at radius 1 is 1.29 bits per heavy atom. The molecule has 1 unspecified atom stereocenters. The number of methoxy groups -OCH3 is 2. The van der Waals surface area contributed by atoms with E-state index >= 15 is 0 Å². The van der Waals surface area contributed by atoms with Gasteiger partial charge in [0.05, 0.1) is 20.8 Å². The molecule has 1 heterocycles. The fraction of sp³-hybridized carbons (Fsp3) is 0.429. The van der Waals surface area contributed by atoms with Gasteiger partial charge < -0.3 is 24.6 Å². The van der Waals surface area contributed by atoms with E-state index in [1.54, 1.807) is 18.2 Å². The van der Waals surface area contributed by atoms with Crippen LogP contribution in [0.4, 0.5) is 0 Å². The number of carbonyl (C=O) groups is 2. The number of amides is 1. The summed E-state index contributed by atoms with van der Waals surface area (Å²) >= 11 is 0. The van der Waals surface area contributed by atoms with Gasteiger partial charge in [0.15, 0.2) is 5.54 Å². The molecule has 7 heteroatoms. The fourth-order valence-electron chi connectivity index (χ4n) is 2.24. The number of aliphatic carboxylic acids is 1. The van der Waals surface area contributed by atoms with Gasteiger partial charge in [0.2, 0.25) is 0 Å². The predicted molar refractivity (Wildman–Crippen MR) is 72.8 cm³/mol. The first kappa shape index (κ1) is 15.1. The van der Waals surface area contributed by atoms with Crippen LogP contribution in [0.2, 0.25) is 0 Å². The van der Waals surface area contributed by atoms with Gasteiger partial charge in [-0.2, -0.15) is 0 Å². The first-order chi connectivity index (χ1) is 10.0. The highest BCUT2D eigenvalue weighted by molar-refractivity contribution is 6.02. The third kappa shape index (κ3) is 2.78. The molecule has 1 aromatic carbocycles. The van der Waals surface area contributed by atoms with Crippen LogP contribution in [0.15, 0.2) is 18.2 Å². The van der Waals surface area contributed by atoms with Crippen molar-refractivity contribution in [2.45, 2.75) is 12.0 Å². The van der Waals surface area contributed by atoms with Crippen molar-refractivity contribution in [3.8, 4) is 11.5 Å². The number of carboxylic acids is 1. The van der Waals surface area contributed by atoms with E-state index in [-0.39, 0.29) is 25.2 Å². The molecule has 0 radical (unpaired) electrons. The van der Waals surface area contributed by atoms with E-state index < -0.39 is 17.4 Å². The number of ether oxygens (including phenoxy) is 3. The van der Waals surface area contributed by atoms with Crippen LogP contribution < -0.4 is 14.8 Å². The molecule has 0 saturated carbocycles. The monoisotopic (exact) mass is 295 g/mol. The second kappa shape index (κ2) is 6.01. The molecule has 2 rings (SSSR count). The zero-order chi connectivity index (χ0) is 15.5. The summed E-state index contributed by atoms with van der Waals surface area (Å²) < 4.78 is 15.4. The van der Waals surface area contributed by atoms with Crippen molar-refractivity contribution in [1.82, 2.24) is 5.32 Å². The number of rotatable bonds is 5. The number of hydrogen-bond donors (Lipinski definition) is 2. The summed E-state index contributed by atoms with van der Waals surface area (Å²) in [4.78, 5) is 23.9. The standard InChI is InChI=1S/C14H17NO6/c1-19-9-4-3-5-10(20-2)11(9)12(16)15-14(13(17)18)6-7-21-8-14/h3-5H,6-8H2,1-2H3,(H,15,16)(H,17,18). The molecular formula is C14H17NO6.